The predicted octanol–water partition coefficient (Wildman–Crippen LogP) is 2.89. The number of carbonyl (C=O) groups is 1. The standard InChI is InChI=1S/C19H15FN6O/c20-15-5-7-16(8-6-15)24-19(27)11-25-10-14(9-23-26-12-21-22-13-26)17-3-1-2-4-18(17)25/h1-10,12-13H,11H2,(H,24,27)/b23-9-. The van der Waals surface area contributed by atoms with Crippen molar-refractivity contribution in [2.24, 2.45) is 5.10 Å². The summed E-state index contributed by atoms with van der Waals surface area (Å²) in [5.41, 5.74) is 2.33. The van der Waals surface area contributed by atoms with Gasteiger partial charge < -0.3 is 9.88 Å². The van der Waals surface area contributed by atoms with Gasteiger partial charge in [-0.3, -0.25) is 4.79 Å². The SMILES string of the molecule is O=C(Cn1cc(/C=N\n2cnnc2)c2ccccc21)Nc1ccc(F)cc1. The summed E-state index contributed by atoms with van der Waals surface area (Å²) in [4.78, 5) is 12.4. The van der Waals surface area contributed by atoms with Crippen molar-refractivity contribution in [3.8, 4) is 0 Å². The van der Waals surface area contributed by atoms with Gasteiger partial charge in [0.05, 0.1) is 6.21 Å². The van der Waals surface area contributed by atoms with Crippen molar-refractivity contribution in [1.29, 1.82) is 0 Å². The molecule has 0 spiro atoms. The van der Waals surface area contributed by atoms with Gasteiger partial charge in [-0.2, -0.15) is 5.10 Å². The number of amides is 1. The molecule has 0 bridgehead atoms. The highest BCUT2D eigenvalue weighted by Crippen LogP contribution is 2.20. The number of nitrogens with zero attached hydrogens (tertiary/aromatic N) is 5. The average Bonchev–Trinajstić information content (AvgIpc) is 3.30. The summed E-state index contributed by atoms with van der Waals surface area (Å²) < 4.78 is 16.3. The molecular weight excluding hydrogens is 347 g/mol. The number of benzene rings is 2. The molecular formula is C19H15FN6O. The Morgan fingerprint density at radius 2 is 1.85 bits per heavy atom. The van der Waals surface area contributed by atoms with Crippen LogP contribution in [0, 0.1) is 5.82 Å². The molecule has 0 unspecified atom stereocenters. The number of aromatic nitrogens is 4. The summed E-state index contributed by atoms with van der Waals surface area (Å²) in [6, 6.07) is 13.4. The van der Waals surface area contributed by atoms with Crippen molar-refractivity contribution in [3.63, 3.8) is 0 Å². The summed E-state index contributed by atoms with van der Waals surface area (Å²) in [6.45, 7) is 0.123. The number of anilines is 1. The Labute approximate surface area is 153 Å². The Kier molecular flexibility index (Phi) is 4.44. The van der Waals surface area contributed by atoms with Gasteiger partial charge in [0.1, 0.15) is 25.0 Å². The van der Waals surface area contributed by atoms with Crippen molar-refractivity contribution >= 4 is 28.7 Å². The van der Waals surface area contributed by atoms with Crippen molar-refractivity contribution in [3.05, 3.63) is 78.8 Å². The lowest BCUT2D eigenvalue weighted by atomic mass is 10.2. The van der Waals surface area contributed by atoms with Crippen LogP contribution in [0.5, 0.6) is 0 Å². The molecule has 2 aromatic heterocycles. The molecule has 7 nitrogen and oxygen atoms in total. The van der Waals surface area contributed by atoms with Crippen LogP contribution >= 0.6 is 0 Å². The zero-order chi connectivity index (χ0) is 18.6. The summed E-state index contributed by atoms with van der Waals surface area (Å²) in [5.74, 6) is -0.550. The van der Waals surface area contributed by atoms with E-state index in [2.05, 4.69) is 20.6 Å². The van der Waals surface area contributed by atoms with Crippen LogP contribution in [0.4, 0.5) is 10.1 Å². The van der Waals surface area contributed by atoms with Crippen molar-refractivity contribution in [2.75, 3.05) is 5.32 Å². The molecule has 1 amide bonds. The lowest BCUT2D eigenvalue weighted by Crippen LogP contribution is -2.18. The summed E-state index contributed by atoms with van der Waals surface area (Å²) in [5, 5.41) is 15.4. The molecule has 2 heterocycles. The normalized spacial score (nSPS) is 11.3. The number of fused-ring (bicyclic) bond motifs is 1. The van der Waals surface area contributed by atoms with Crippen LogP contribution < -0.4 is 5.32 Å². The highest BCUT2D eigenvalue weighted by Gasteiger charge is 2.10. The van der Waals surface area contributed by atoms with Crippen LogP contribution in [0.25, 0.3) is 10.9 Å². The Morgan fingerprint density at radius 1 is 1.11 bits per heavy atom. The van der Waals surface area contributed by atoms with E-state index in [9.17, 15) is 9.18 Å². The maximum atomic E-state index is 13.0. The number of hydrogen-bond donors (Lipinski definition) is 1. The van der Waals surface area contributed by atoms with Gasteiger partial charge in [0, 0.05) is 28.4 Å². The minimum absolute atomic E-state index is 0.123. The Bertz CT molecular complexity index is 1100. The lowest BCUT2D eigenvalue weighted by Gasteiger charge is -2.07. The molecule has 0 radical (unpaired) electrons. The number of carbonyl (C=O) groups excluding carboxylic acids is 1. The van der Waals surface area contributed by atoms with Crippen LogP contribution in [0.2, 0.25) is 0 Å². The van der Waals surface area contributed by atoms with Crippen LogP contribution in [0.1, 0.15) is 5.56 Å². The van der Waals surface area contributed by atoms with E-state index in [0.717, 1.165) is 16.5 Å². The van der Waals surface area contributed by atoms with E-state index in [1.54, 1.807) is 6.21 Å². The third-order valence-electron chi connectivity index (χ3n) is 4.00. The van der Waals surface area contributed by atoms with Crippen LogP contribution in [-0.2, 0) is 11.3 Å². The van der Waals surface area contributed by atoms with Crippen molar-refractivity contribution in [2.45, 2.75) is 6.54 Å². The summed E-state index contributed by atoms with van der Waals surface area (Å²) >= 11 is 0. The molecule has 0 aliphatic heterocycles. The molecule has 0 saturated carbocycles. The van der Waals surface area contributed by atoms with Gasteiger partial charge in [-0.25, -0.2) is 9.07 Å². The minimum atomic E-state index is -0.346. The molecule has 4 rings (SSSR count). The van der Waals surface area contributed by atoms with Gasteiger partial charge >= 0.3 is 0 Å². The molecule has 134 valence electrons. The van der Waals surface area contributed by atoms with Crippen LogP contribution in [0.3, 0.4) is 0 Å². The van der Waals surface area contributed by atoms with Gasteiger partial charge in [0.2, 0.25) is 5.91 Å². The van der Waals surface area contributed by atoms with Crippen molar-refractivity contribution in [1.82, 2.24) is 19.4 Å². The maximum absolute atomic E-state index is 13.0. The number of halogens is 1. The zero-order valence-corrected chi connectivity index (χ0v) is 14.2. The maximum Gasteiger partial charge on any atom is 0.244 e. The number of rotatable bonds is 5. The van der Waals surface area contributed by atoms with E-state index in [1.165, 1.54) is 41.6 Å². The molecule has 4 aromatic rings. The monoisotopic (exact) mass is 362 g/mol. The van der Waals surface area contributed by atoms with E-state index in [0.29, 0.717) is 5.69 Å². The van der Waals surface area contributed by atoms with Crippen LogP contribution in [0.15, 0.2) is 72.5 Å². The third-order valence-corrected chi connectivity index (χ3v) is 4.00. The second kappa shape index (κ2) is 7.20. The second-order valence-electron chi connectivity index (χ2n) is 5.87. The zero-order valence-electron chi connectivity index (χ0n) is 14.2. The van der Waals surface area contributed by atoms with Gasteiger partial charge in [-0.05, 0) is 30.3 Å². The first-order chi connectivity index (χ1) is 13.2. The fourth-order valence-corrected chi connectivity index (χ4v) is 2.78. The molecule has 1 N–H and O–H groups in total. The Balaban J connectivity index is 1.58. The molecule has 0 saturated heterocycles. The first-order valence-corrected chi connectivity index (χ1v) is 8.21. The highest BCUT2D eigenvalue weighted by molar-refractivity contribution is 6.00. The molecule has 0 fully saturated rings. The molecule has 0 aliphatic rings. The quantitative estimate of drug-likeness (QED) is 0.555. The topological polar surface area (TPSA) is 77.1 Å². The van der Waals surface area contributed by atoms with E-state index in [-0.39, 0.29) is 18.3 Å². The van der Waals surface area contributed by atoms with E-state index in [1.807, 2.05) is 35.0 Å². The molecule has 2 aromatic carbocycles. The first kappa shape index (κ1) is 16.6. The largest absolute Gasteiger partial charge is 0.337 e. The number of para-hydroxylation sites is 1. The van der Waals surface area contributed by atoms with Gasteiger partial charge in [0.15, 0.2) is 0 Å². The van der Waals surface area contributed by atoms with Gasteiger partial charge in [-0.1, -0.05) is 18.2 Å². The summed E-state index contributed by atoms with van der Waals surface area (Å²) in [7, 11) is 0. The van der Waals surface area contributed by atoms with Crippen LogP contribution in [-0.4, -0.2) is 31.6 Å². The lowest BCUT2D eigenvalue weighted by molar-refractivity contribution is -0.116. The minimum Gasteiger partial charge on any atom is -0.337 e. The average molecular weight is 362 g/mol. The van der Waals surface area contributed by atoms with E-state index in [4.69, 9.17) is 0 Å². The first-order valence-electron chi connectivity index (χ1n) is 8.21. The predicted molar refractivity (Wildman–Crippen MR) is 100.0 cm³/mol. The fourth-order valence-electron chi connectivity index (χ4n) is 2.78. The second-order valence-corrected chi connectivity index (χ2v) is 5.87. The third kappa shape index (κ3) is 3.74. The number of nitrogens with one attached hydrogen (secondary N) is 1. The van der Waals surface area contributed by atoms with Gasteiger partial charge in [0.25, 0.3) is 0 Å². The Hall–Kier alpha value is -3.81. The molecule has 27 heavy (non-hydrogen) atoms. The molecule has 0 aliphatic carbocycles. The van der Waals surface area contributed by atoms with E-state index >= 15 is 0 Å². The number of hydrogen-bond acceptors (Lipinski definition) is 4. The summed E-state index contributed by atoms with van der Waals surface area (Å²) in [6.07, 6.45) is 6.54. The Morgan fingerprint density at radius 3 is 2.63 bits per heavy atom. The smallest absolute Gasteiger partial charge is 0.244 e. The van der Waals surface area contributed by atoms with E-state index < -0.39 is 0 Å². The fraction of sp³-hybridized carbons (Fsp3) is 0.0526. The van der Waals surface area contributed by atoms with Gasteiger partial charge in [-0.15, -0.1) is 10.2 Å². The van der Waals surface area contributed by atoms with Crippen molar-refractivity contribution < 1.29 is 9.18 Å². The molecule has 0 atom stereocenters. The molecule has 8 heteroatoms. The highest BCUT2D eigenvalue weighted by atomic mass is 19.1.